The molecular weight excluding hydrogens is 401 g/mol. The van der Waals surface area contributed by atoms with Gasteiger partial charge in [0.05, 0.1) is 12.0 Å². The molecule has 1 spiro atoms. The van der Waals surface area contributed by atoms with E-state index in [9.17, 15) is 9.59 Å². The molecule has 3 N–H and O–H groups in total. The van der Waals surface area contributed by atoms with E-state index < -0.39 is 17.9 Å². The van der Waals surface area contributed by atoms with Crippen LogP contribution >= 0.6 is 23.2 Å². The normalized spacial score (nSPS) is 26.0. The highest BCUT2D eigenvalue weighted by Crippen LogP contribution is 2.52. The van der Waals surface area contributed by atoms with E-state index in [0.717, 1.165) is 30.5 Å². The SMILES string of the molecule is O=C(NO)[C@H]1CC2(CC2)CN[C@@H]1C(=O)N1CC=C(c2cc(Cl)cc(Cl)c2)CC1. The summed E-state index contributed by atoms with van der Waals surface area (Å²) in [4.78, 5) is 27.0. The van der Waals surface area contributed by atoms with Gasteiger partial charge in [0.2, 0.25) is 11.8 Å². The number of hydrogen-bond donors (Lipinski definition) is 3. The first-order chi connectivity index (χ1) is 13.4. The van der Waals surface area contributed by atoms with E-state index in [2.05, 4.69) is 5.32 Å². The van der Waals surface area contributed by atoms with Crippen molar-refractivity contribution in [2.45, 2.75) is 31.7 Å². The molecule has 2 aliphatic heterocycles. The third-order valence-electron chi connectivity index (χ3n) is 6.18. The zero-order chi connectivity index (χ0) is 19.9. The molecule has 1 aromatic rings. The van der Waals surface area contributed by atoms with E-state index in [-0.39, 0.29) is 11.3 Å². The molecule has 1 saturated heterocycles. The number of halogens is 2. The van der Waals surface area contributed by atoms with Gasteiger partial charge >= 0.3 is 0 Å². The van der Waals surface area contributed by atoms with Crippen LogP contribution in [-0.4, -0.2) is 47.6 Å². The molecule has 4 rings (SSSR count). The Kier molecular flexibility index (Phi) is 5.40. The predicted octanol–water partition coefficient (Wildman–Crippen LogP) is 2.87. The van der Waals surface area contributed by atoms with Gasteiger partial charge in [-0.05, 0) is 60.4 Å². The molecule has 2 atom stereocenters. The zero-order valence-corrected chi connectivity index (χ0v) is 16.9. The third kappa shape index (κ3) is 3.92. The first-order valence-electron chi connectivity index (χ1n) is 9.52. The Labute approximate surface area is 173 Å². The zero-order valence-electron chi connectivity index (χ0n) is 15.4. The molecule has 2 heterocycles. The Morgan fingerprint density at radius 3 is 2.50 bits per heavy atom. The minimum absolute atomic E-state index is 0.0940. The van der Waals surface area contributed by atoms with Gasteiger partial charge in [0.25, 0.3) is 0 Å². The molecule has 1 aromatic carbocycles. The number of nitrogens with one attached hydrogen (secondary N) is 2. The average molecular weight is 424 g/mol. The Balaban J connectivity index is 1.46. The van der Waals surface area contributed by atoms with Gasteiger partial charge in [-0.2, -0.15) is 0 Å². The summed E-state index contributed by atoms with van der Waals surface area (Å²) in [5, 5.41) is 13.6. The Morgan fingerprint density at radius 1 is 1.21 bits per heavy atom. The molecule has 0 aromatic heterocycles. The topological polar surface area (TPSA) is 81.7 Å². The molecule has 0 bridgehead atoms. The van der Waals surface area contributed by atoms with Gasteiger partial charge < -0.3 is 10.2 Å². The van der Waals surface area contributed by atoms with Crippen LogP contribution in [-0.2, 0) is 9.59 Å². The Bertz CT molecular complexity index is 818. The number of carbonyl (C=O) groups excluding carboxylic acids is 2. The van der Waals surface area contributed by atoms with Crippen LogP contribution in [0.5, 0.6) is 0 Å². The first-order valence-corrected chi connectivity index (χ1v) is 10.3. The van der Waals surface area contributed by atoms with Gasteiger partial charge in [-0.25, -0.2) is 5.48 Å². The largest absolute Gasteiger partial charge is 0.337 e. The van der Waals surface area contributed by atoms with Crippen LogP contribution in [0.3, 0.4) is 0 Å². The summed E-state index contributed by atoms with van der Waals surface area (Å²) in [6.45, 7) is 1.77. The Morgan fingerprint density at radius 2 is 1.93 bits per heavy atom. The lowest BCUT2D eigenvalue weighted by atomic mass is 9.81. The molecule has 1 saturated carbocycles. The molecular formula is C20H23Cl2N3O3. The lowest BCUT2D eigenvalue weighted by molar-refractivity contribution is -0.144. The minimum Gasteiger partial charge on any atom is -0.337 e. The van der Waals surface area contributed by atoms with E-state index in [0.29, 0.717) is 36.0 Å². The van der Waals surface area contributed by atoms with Crippen LogP contribution in [0.2, 0.25) is 10.0 Å². The van der Waals surface area contributed by atoms with Crippen LogP contribution in [0.4, 0.5) is 0 Å². The smallest absolute Gasteiger partial charge is 0.248 e. The monoisotopic (exact) mass is 423 g/mol. The van der Waals surface area contributed by atoms with E-state index in [4.69, 9.17) is 28.4 Å². The second-order valence-corrected chi connectivity index (χ2v) is 8.94. The summed E-state index contributed by atoms with van der Waals surface area (Å²) in [6, 6.07) is 4.83. The van der Waals surface area contributed by atoms with Gasteiger partial charge in [-0.15, -0.1) is 0 Å². The summed E-state index contributed by atoms with van der Waals surface area (Å²) in [7, 11) is 0. The fourth-order valence-electron chi connectivity index (χ4n) is 4.34. The van der Waals surface area contributed by atoms with E-state index in [1.165, 1.54) is 0 Å². The average Bonchev–Trinajstić information content (AvgIpc) is 3.45. The van der Waals surface area contributed by atoms with Crippen molar-refractivity contribution in [1.82, 2.24) is 15.7 Å². The lowest BCUT2D eigenvalue weighted by Crippen LogP contribution is -2.59. The van der Waals surface area contributed by atoms with Crippen LogP contribution in [0, 0.1) is 11.3 Å². The summed E-state index contributed by atoms with van der Waals surface area (Å²) in [5.41, 5.74) is 3.93. The van der Waals surface area contributed by atoms with Crippen LogP contribution in [0.1, 0.15) is 31.2 Å². The van der Waals surface area contributed by atoms with Crippen molar-refractivity contribution in [3.05, 3.63) is 39.9 Å². The fraction of sp³-hybridized carbons (Fsp3) is 0.500. The van der Waals surface area contributed by atoms with E-state index in [1.54, 1.807) is 16.4 Å². The number of hydroxylamine groups is 1. The molecule has 2 fully saturated rings. The van der Waals surface area contributed by atoms with Gasteiger partial charge in [0.15, 0.2) is 0 Å². The van der Waals surface area contributed by atoms with Crippen molar-refractivity contribution in [1.29, 1.82) is 0 Å². The minimum atomic E-state index is -0.603. The standard InChI is InChI=1S/C20H23Cl2N3O3/c21-14-7-13(8-15(22)9-14)12-1-5-25(6-2-12)19(27)17-16(18(26)24-28)10-20(3-4-20)11-23-17/h1,7-9,16-17,23,28H,2-6,10-11H2,(H,24,26)/t16-,17-/m0/s1. The van der Waals surface area contributed by atoms with Gasteiger partial charge in [0.1, 0.15) is 0 Å². The number of nitrogens with zero attached hydrogens (tertiary/aromatic N) is 1. The lowest BCUT2D eigenvalue weighted by Gasteiger charge is -2.38. The highest BCUT2D eigenvalue weighted by atomic mass is 35.5. The van der Waals surface area contributed by atoms with Gasteiger partial charge in [-0.3, -0.25) is 14.8 Å². The first kappa shape index (κ1) is 19.7. The number of piperidine rings is 1. The second kappa shape index (κ2) is 7.67. The number of amides is 2. The predicted molar refractivity (Wildman–Crippen MR) is 107 cm³/mol. The maximum atomic E-state index is 13.1. The summed E-state index contributed by atoms with van der Waals surface area (Å²) < 4.78 is 0. The number of hydrogen-bond acceptors (Lipinski definition) is 4. The second-order valence-electron chi connectivity index (χ2n) is 8.07. The number of benzene rings is 1. The molecule has 8 heteroatoms. The third-order valence-corrected chi connectivity index (χ3v) is 6.61. The summed E-state index contributed by atoms with van der Waals surface area (Å²) in [6.07, 6.45) is 5.46. The van der Waals surface area contributed by atoms with Gasteiger partial charge in [-0.1, -0.05) is 29.3 Å². The molecule has 1 aliphatic carbocycles. The van der Waals surface area contributed by atoms with Crippen molar-refractivity contribution in [3.8, 4) is 0 Å². The van der Waals surface area contributed by atoms with E-state index in [1.807, 2.05) is 18.2 Å². The quantitative estimate of drug-likeness (QED) is 0.515. The molecule has 6 nitrogen and oxygen atoms in total. The van der Waals surface area contributed by atoms with Crippen LogP contribution < -0.4 is 10.8 Å². The summed E-state index contributed by atoms with van der Waals surface area (Å²) in [5.74, 6) is -1.13. The molecule has 28 heavy (non-hydrogen) atoms. The fourth-order valence-corrected chi connectivity index (χ4v) is 4.86. The Hall–Kier alpha value is -1.60. The summed E-state index contributed by atoms with van der Waals surface area (Å²) >= 11 is 12.2. The van der Waals surface area contributed by atoms with Crippen LogP contribution in [0.15, 0.2) is 24.3 Å². The molecule has 2 amide bonds. The molecule has 150 valence electrons. The highest BCUT2D eigenvalue weighted by Gasteiger charge is 2.52. The van der Waals surface area contributed by atoms with Crippen molar-refractivity contribution < 1.29 is 14.8 Å². The van der Waals surface area contributed by atoms with Gasteiger partial charge in [0, 0.05) is 29.7 Å². The number of rotatable bonds is 3. The highest BCUT2D eigenvalue weighted by molar-refractivity contribution is 6.34. The maximum Gasteiger partial charge on any atom is 0.248 e. The maximum absolute atomic E-state index is 13.1. The van der Waals surface area contributed by atoms with Crippen molar-refractivity contribution >= 4 is 40.6 Å². The van der Waals surface area contributed by atoms with Crippen molar-refractivity contribution in [2.24, 2.45) is 11.3 Å². The molecule has 3 aliphatic rings. The van der Waals surface area contributed by atoms with Crippen LogP contribution in [0.25, 0.3) is 5.57 Å². The van der Waals surface area contributed by atoms with E-state index >= 15 is 0 Å². The van der Waals surface area contributed by atoms with Crippen molar-refractivity contribution in [3.63, 3.8) is 0 Å². The van der Waals surface area contributed by atoms with Crippen molar-refractivity contribution in [2.75, 3.05) is 19.6 Å². The molecule has 0 radical (unpaired) electrons. The number of carbonyl (C=O) groups is 2. The molecule has 0 unspecified atom stereocenters.